The lowest BCUT2D eigenvalue weighted by atomic mass is 10.2. The number of para-hydroxylation sites is 2. The lowest BCUT2D eigenvalue weighted by molar-refractivity contribution is 0.0768. The number of rotatable bonds is 13. The van der Waals surface area contributed by atoms with Gasteiger partial charge in [0.1, 0.15) is 5.75 Å². The Labute approximate surface area is 200 Å². The zero-order valence-electron chi connectivity index (χ0n) is 19.8. The van der Waals surface area contributed by atoms with Gasteiger partial charge in [0.25, 0.3) is 0 Å². The van der Waals surface area contributed by atoms with Crippen LogP contribution in [-0.4, -0.2) is 65.8 Å². The molecule has 0 saturated heterocycles. The number of nitrogens with zero attached hydrogens (tertiary/aromatic N) is 2. The van der Waals surface area contributed by atoms with Gasteiger partial charge in [0.05, 0.1) is 25.9 Å². The molecular weight excluding hydrogens is 428 g/mol. The number of aliphatic hydroxyl groups excluding tert-OH is 2. The highest BCUT2D eigenvalue weighted by Gasteiger charge is 2.16. The Morgan fingerprint density at radius 3 is 2.15 bits per heavy atom. The molecule has 3 aromatic carbocycles. The van der Waals surface area contributed by atoms with E-state index >= 15 is 0 Å². The van der Waals surface area contributed by atoms with Gasteiger partial charge in [0.15, 0.2) is 0 Å². The average molecular weight is 463 g/mol. The van der Waals surface area contributed by atoms with Crippen LogP contribution in [0.25, 0.3) is 21.8 Å². The minimum absolute atomic E-state index is 0.128. The highest BCUT2D eigenvalue weighted by atomic mass is 16.5. The van der Waals surface area contributed by atoms with E-state index in [1.165, 1.54) is 10.8 Å². The van der Waals surface area contributed by atoms with Crippen molar-refractivity contribution in [3.63, 3.8) is 0 Å². The normalized spacial score (nSPS) is 12.6. The molecule has 4 rings (SSSR count). The third-order valence-electron chi connectivity index (χ3n) is 6.05. The summed E-state index contributed by atoms with van der Waals surface area (Å²) in [5.74, 6) is 0.798. The van der Waals surface area contributed by atoms with Gasteiger partial charge in [0, 0.05) is 61.6 Å². The Hall–Kier alpha value is -2.90. The van der Waals surface area contributed by atoms with Gasteiger partial charge >= 0.3 is 0 Å². The summed E-state index contributed by atoms with van der Waals surface area (Å²) in [4.78, 5) is 2.23. The molecule has 0 amide bonds. The summed E-state index contributed by atoms with van der Waals surface area (Å²) in [7, 11) is 1.70. The van der Waals surface area contributed by atoms with Crippen molar-refractivity contribution in [1.29, 1.82) is 0 Å². The second kappa shape index (κ2) is 12.0. The van der Waals surface area contributed by atoms with Gasteiger partial charge in [-0.15, -0.1) is 0 Å². The Balaban J connectivity index is 1.45. The molecule has 4 aromatic rings. The number of aromatic nitrogens is 1. The number of hydrogen-bond donors (Lipinski definition) is 2. The number of aliphatic hydroxyl groups is 2. The lowest BCUT2D eigenvalue weighted by Crippen LogP contribution is -2.36. The van der Waals surface area contributed by atoms with Crippen LogP contribution in [0.1, 0.15) is 12.0 Å². The van der Waals surface area contributed by atoms with Crippen LogP contribution in [0.2, 0.25) is 0 Å². The molecule has 0 radical (unpaired) electrons. The van der Waals surface area contributed by atoms with Crippen molar-refractivity contribution in [3.05, 3.63) is 78.4 Å². The molecule has 0 bridgehead atoms. The van der Waals surface area contributed by atoms with Crippen molar-refractivity contribution in [2.24, 2.45) is 0 Å². The quantitative estimate of drug-likeness (QED) is 0.293. The largest absolute Gasteiger partial charge is 0.494 e. The molecule has 1 aromatic heterocycles. The van der Waals surface area contributed by atoms with Crippen LogP contribution in [0.15, 0.2) is 72.8 Å². The van der Waals surface area contributed by atoms with Gasteiger partial charge in [-0.1, -0.05) is 48.5 Å². The molecular formula is C28H34N2O4. The summed E-state index contributed by atoms with van der Waals surface area (Å²) < 4.78 is 13.2. The second-order valence-corrected chi connectivity index (χ2v) is 8.60. The minimum atomic E-state index is -0.530. The van der Waals surface area contributed by atoms with Gasteiger partial charge in [0.2, 0.25) is 0 Å². The Morgan fingerprint density at radius 1 is 0.882 bits per heavy atom. The molecule has 1 unspecified atom stereocenters. The molecule has 6 nitrogen and oxygen atoms in total. The van der Waals surface area contributed by atoms with E-state index in [9.17, 15) is 5.11 Å². The maximum Gasteiger partial charge on any atom is 0.119 e. The van der Waals surface area contributed by atoms with E-state index in [0.29, 0.717) is 39.3 Å². The van der Waals surface area contributed by atoms with Crippen LogP contribution in [-0.2, 0) is 17.8 Å². The van der Waals surface area contributed by atoms with Crippen LogP contribution in [0, 0.1) is 0 Å². The van der Waals surface area contributed by atoms with Crippen molar-refractivity contribution in [2.45, 2.75) is 25.6 Å². The van der Waals surface area contributed by atoms with Gasteiger partial charge in [-0.25, -0.2) is 0 Å². The molecule has 6 heteroatoms. The van der Waals surface area contributed by atoms with Crippen molar-refractivity contribution >= 4 is 21.8 Å². The predicted molar refractivity (Wildman–Crippen MR) is 136 cm³/mol. The van der Waals surface area contributed by atoms with Crippen LogP contribution in [0.3, 0.4) is 0 Å². The van der Waals surface area contributed by atoms with Gasteiger partial charge in [-0.05, 0) is 29.8 Å². The Morgan fingerprint density at radius 2 is 1.53 bits per heavy atom. The lowest BCUT2D eigenvalue weighted by Gasteiger charge is -2.25. The smallest absolute Gasteiger partial charge is 0.119 e. The van der Waals surface area contributed by atoms with E-state index in [1.54, 1.807) is 7.11 Å². The monoisotopic (exact) mass is 462 g/mol. The zero-order valence-corrected chi connectivity index (χ0v) is 19.8. The highest BCUT2D eigenvalue weighted by Crippen LogP contribution is 2.29. The average Bonchev–Trinajstić information content (AvgIpc) is 3.17. The first-order valence-electron chi connectivity index (χ1n) is 11.9. The minimum Gasteiger partial charge on any atom is -0.494 e. The molecule has 34 heavy (non-hydrogen) atoms. The Kier molecular flexibility index (Phi) is 8.55. The van der Waals surface area contributed by atoms with E-state index in [2.05, 4.69) is 45.9 Å². The molecule has 0 spiro atoms. The predicted octanol–water partition coefficient (Wildman–Crippen LogP) is 4.07. The Bertz CT molecular complexity index is 1120. The fourth-order valence-corrected chi connectivity index (χ4v) is 4.43. The van der Waals surface area contributed by atoms with E-state index in [-0.39, 0.29) is 6.61 Å². The summed E-state index contributed by atoms with van der Waals surface area (Å²) in [6.45, 7) is 3.74. The zero-order chi connectivity index (χ0) is 23.8. The van der Waals surface area contributed by atoms with Crippen molar-refractivity contribution < 1.29 is 19.7 Å². The number of ether oxygens (including phenoxy) is 2. The van der Waals surface area contributed by atoms with Crippen molar-refractivity contribution in [2.75, 3.05) is 40.0 Å². The summed E-state index contributed by atoms with van der Waals surface area (Å²) in [6, 6.07) is 24.7. The summed E-state index contributed by atoms with van der Waals surface area (Å²) in [5, 5.41) is 22.4. The molecule has 0 aliphatic heterocycles. The summed E-state index contributed by atoms with van der Waals surface area (Å²) in [6.07, 6.45) is 0.0910. The molecule has 1 heterocycles. The molecule has 0 fully saturated rings. The summed E-state index contributed by atoms with van der Waals surface area (Å²) >= 11 is 0. The van der Waals surface area contributed by atoms with E-state index < -0.39 is 6.10 Å². The highest BCUT2D eigenvalue weighted by molar-refractivity contribution is 6.07. The fraction of sp³-hybridized carbons (Fsp3) is 0.357. The molecule has 0 aliphatic rings. The topological polar surface area (TPSA) is 67.1 Å². The fourth-order valence-electron chi connectivity index (χ4n) is 4.43. The number of fused-ring (bicyclic) bond motifs is 3. The molecule has 1 atom stereocenters. The first-order chi connectivity index (χ1) is 16.7. The van der Waals surface area contributed by atoms with E-state index in [1.807, 2.05) is 36.4 Å². The number of hydrogen-bond acceptors (Lipinski definition) is 5. The van der Waals surface area contributed by atoms with Crippen molar-refractivity contribution in [3.8, 4) is 5.75 Å². The first-order valence-corrected chi connectivity index (χ1v) is 11.9. The second-order valence-electron chi connectivity index (χ2n) is 8.60. The van der Waals surface area contributed by atoms with Gasteiger partial charge in [-0.2, -0.15) is 0 Å². The van der Waals surface area contributed by atoms with E-state index in [4.69, 9.17) is 14.6 Å². The van der Waals surface area contributed by atoms with Crippen LogP contribution in [0.4, 0.5) is 0 Å². The molecule has 180 valence electrons. The summed E-state index contributed by atoms with van der Waals surface area (Å²) in [5.41, 5.74) is 3.43. The first kappa shape index (κ1) is 24.2. The SMILES string of the molecule is COCCN(Cc1ccc(OCCCO)cc1)CC(O)Cn1c2ccccc2c2ccccc21. The van der Waals surface area contributed by atoms with Gasteiger partial charge in [-0.3, -0.25) is 4.90 Å². The third kappa shape index (κ3) is 5.96. The molecule has 0 saturated carbocycles. The van der Waals surface area contributed by atoms with Crippen molar-refractivity contribution in [1.82, 2.24) is 9.47 Å². The van der Waals surface area contributed by atoms with Crippen LogP contribution >= 0.6 is 0 Å². The molecule has 2 N–H and O–H groups in total. The maximum absolute atomic E-state index is 11.1. The maximum atomic E-state index is 11.1. The number of benzene rings is 3. The van der Waals surface area contributed by atoms with Gasteiger partial charge < -0.3 is 24.3 Å². The third-order valence-corrected chi connectivity index (χ3v) is 6.05. The number of methoxy groups -OCH3 is 1. The van der Waals surface area contributed by atoms with Crippen LogP contribution in [0.5, 0.6) is 5.75 Å². The van der Waals surface area contributed by atoms with Crippen LogP contribution < -0.4 is 4.74 Å². The standard InChI is InChI=1S/C28H34N2O4/c1-33-18-15-29(19-22-11-13-24(14-12-22)34-17-6-16-31)20-23(32)21-30-27-9-4-2-7-25(27)26-8-3-5-10-28(26)30/h2-5,7-14,23,31-32H,6,15-21H2,1H3. The molecule has 0 aliphatic carbocycles. The van der Waals surface area contributed by atoms with E-state index in [0.717, 1.165) is 28.9 Å².